The normalized spacial score (nSPS) is 35.2. The predicted molar refractivity (Wildman–Crippen MR) is 97.8 cm³/mol. The van der Waals surface area contributed by atoms with E-state index in [1.54, 1.807) is 7.11 Å². The van der Waals surface area contributed by atoms with Gasteiger partial charge in [0.15, 0.2) is 6.35 Å². The van der Waals surface area contributed by atoms with E-state index in [1.807, 2.05) is 13.2 Å². The molecular formula is C15H29N5O6S. The summed E-state index contributed by atoms with van der Waals surface area (Å²) < 4.78 is 16.1. The van der Waals surface area contributed by atoms with Gasteiger partial charge in [-0.2, -0.15) is 4.99 Å². The van der Waals surface area contributed by atoms with Crippen LogP contribution in [0.25, 0.3) is 0 Å². The highest BCUT2D eigenvalue weighted by Crippen LogP contribution is 2.59. The molecule has 1 saturated carbocycles. The first-order valence-corrected chi connectivity index (χ1v) is 10.9. The zero-order valence-electron chi connectivity index (χ0n) is 16.0. The second-order valence-electron chi connectivity index (χ2n) is 6.58. The number of esters is 1. The summed E-state index contributed by atoms with van der Waals surface area (Å²) in [5.74, 6) is -0.577. The minimum absolute atomic E-state index is 0.0756. The number of carbonyl (C=O) groups is 2. The molecule has 156 valence electrons. The molecule has 12 heteroatoms. The van der Waals surface area contributed by atoms with Gasteiger partial charge in [-0.1, -0.05) is 28.3 Å². The maximum absolute atomic E-state index is 12.4. The summed E-state index contributed by atoms with van der Waals surface area (Å²) >= 11 is 0. The Bertz CT molecular complexity index is 541. The topological polar surface area (TPSA) is 132 Å². The van der Waals surface area contributed by atoms with Crippen LogP contribution in [-0.4, -0.2) is 56.1 Å². The van der Waals surface area contributed by atoms with Crippen LogP contribution in [-0.2, 0) is 28.4 Å². The largest absolute Gasteiger partial charge is 0.469 e. The summed E-state index contributed by atoms with van der Waals surface area (Å²) in [6.45, 7) is 1.95. The summed E-state index contributed by atoms with van der Waals surface area (Å²) in [6, 6.07) is 0. The number of amides is 1. The molecule has 0 aromatic rings. The van der Waals surface area contributed by atoms with E-state index in [0.29, 0.717) is 6.42 Å². The van der Waals surface area contributed by atoms with Crippen LogP contribution in [0.3, 0.4) is 0 Å². The zero-order valence-corrected chi connectivity index (χ0v) is 16.9. The lowest BCUT2D eigenvalue weighted by molar-refractivity contribution is -0.208. The Morgan fingerprint density at radius 3 is 2.59 bits per heavy atom. The van der Waals surface area contributed by atoms with Crippen molar-refractivity contribution < 1.29 is 28.4 Å². The first kappa shape index (κ1) is 22.0. The number of hydrogen-bond acceptors (Lipinski definition) is 10. The van der Waals surface area contributed by atoms with Crippen LogP contribution in [0.2, 0.25) is 0 Å². The minimum atomic E-state index is -2.14. The molecule has 0 spiro atoms. The van der Waals surface area contributed by atoms with Gasteiger partial charge in [0.1, 0.15) is 5.50 Å². The van der Waals surface area contributed by atoms with Crippen LogP contribution in [0.4, 0.5) is 0 Å². The van der Waals surface area contributed by atoms with Gasteiger partial charge in [0.2, 0.25) is 0 Å². The molecule has 1 amide bonds. The van der Waals surface area contributed by atoms with Crippen molar-refractivity contribution in [3.05, 3.63) is 0 Å². The van der Waals surface area contributed by atoms with Crippen molar-refractivity contribution in [1.29, 1.82) is 0 Å². The summed E-state index contributed by atoms with van der Waals surface area (Å²) in [6.07, 6.45) is 5.08. The predicted octanol–water partition coefficient (Wildman–Crippen LogP) is 0.881. The number of carbonyl (C=O) groups excluding carboxylic acids is 2. The average Bonchev–Trinajstić information content (AvgIpc) is 2.69. The third kappa shape index (κ3) is 5.36. The third-order valence-electron chi connectivity index (χ3n) is 4.92. The molecule has 11 nitrogen and oxygen atoms in total. The Morgan fingerprint density at radius 1 is 1.19 bits per heavy atom. The molecule has 0 bridgehead atoms. The molecule has 1 saturated heterocycles. The van der Waals surface area contributed by atoms with E-state index >= 15 is 0 Å². The van der Waals surface area contributed by atoms with Crippen molar-refractivity contribution in [2.75, 3.05) is 20.5 Å². The van der Waals surface area contributed by atoms with Crippen LogP contribution < -0.4 is 16.0 Å². The third-order valence-corrected chi connectivity index (χ3v) is 8.25. The summed E-state index contributed by atoms with van der Waals surface area (Å²) in [4.78, 5) is 27.6. The molecule has 0 radical (unpaired) electrons. The second kappa shape index (κ2) is 10.3. The summed E-state index contributed by atoms with van der Waals surface area (Å²) in [5.41, 5.74) is -0.361. The van der Waals surface area contributed by atoms with Crippen LogP contribution in [0.15, 0.2) is 10.4 Å². The summed E-state index contributed by atoms with van der Waals surface area (Å²) in [7, 11) is 0.834. The number of ether oxygens (including phenoxy) is 2. The summed E-state index contributed by atoms with van der Waals surface area (Å²) in [5, 5.41) is 16.1. The van der Waals surface area contributed by atoms with Gasteiger partial charge in [-0.15, -0.1) is 4.33 Å². The molecule has 2 rings (SSSR count). The Labute approximate surface area is 160 Å². The fraction of sp³-hybridized carbons (Fsp3) is 0.867. The minimum Gasteiger partial charge on any atom is -0.469 e. The van der Waals surface area contributed by atoms with Crippen LogP contribution in [0.5, 0.6) is 0 Å². The molecule has 1 aliphatic heterocycles. The van der Waals surface area contributed by atoms with Crippen LogP contribution in [0, 0.1) is 5.92 Å². The Morgan fingerprint density at radius 2 is 1.93 bits per heavy atom. The number of nitrogens with one attached hydrogen (secondary N) is 3. The molecule has 6 unspecified atom stereocenters. The molecule has 27 heavy (non-hydrogen) atoms. The lowest BCUT2D eigenvalue weighted by atomic mass is 9.89. The van der Waals surface area contributed by atoms with Crippen molar-refractivity contribution in [2.24, 2.45) is 16.3 Å². The van der Waals surface area contributed by atoms with E-state index in [0.717, 1.165) is 19.3 Å². The fourth-order valence-corrected chi connectivity index (χ4v) is 6.69. The van der Waals surface area contributed by atoms with E-state index < -0.39 is 16.7 Å². The Hall–Kier alpha value is -1.31. The zero-order chi connectivity index (χ0) is 19.9. The quantitative estimate of drug-likeness (QED) is 0.176. The smallest absolute Gasteiger partial charge is 0.309 e. The fourth-order valence-electron chi connectivity index (χ4n) is 3.60. The van der Waals surface area contributed by atoms with E-state index in [1.165, 1.54) is 7.11 Å². The highest BCUT2D eigenvalue weighted by molar-refractivity contribution is 8.30. The molecule has 0 aromatic carbocycles. The molecule has 1 aliphatic carbocycles. The van der Waals surface area contributed by atoms with Crippen molar-refractivity contribution in [3.63, 3.8) is 0 Å². The molecule has 2 fully saturated rings. The number of rotatable bonds is 8. The lowest BCUT2D eigenvalue weighted by Gasteiger charge is -2.52. The monoisotopic (exact) mass is 407 g/mol. The number of nitrogens with zero attached hydrogens (tertiary/aromatic N) is 2. The van der Waals surface area contributed by atoms with Gasteiger partial charge < -0.3 is 9.47 Å². The van der Waals surface area contributed by atoms with E-state index in [2.05, 4.69) is 26.3 Å². The second-order valence-corrected chi connectivity index (χ2v) is 9.73. The highest BCUT2D eigenvalue weighted by atomic mass is 32.3. The van der Waals surface area contributed by atoms with E-state index in [-0.39, 0.29) is 35.2 Å². The SMILES string of the molecule is COC(=O)C1CCCCC1S(C)(OON=NC=O)C1NC(C)NC(OC)N1. The van der Waals surface area contributed by atoms with Gasteiger partial charge >= 0.3 is 5.97 Å². The molecule has 6 atom stereocenters. The van der Waals surface area contributed by atoms with Gasteiger partial charge in [-0.3, -0.25) is 25.5 Å². The molecule has 0 aromatic heterocycles. The lowest BCUT2D eigenvalue weighted by Crippen LogP contribution is -2.69. The first-order chi connectivity index (χ1) is 13.0. The van der Waals surface area contributed by atoms with Crippen molar-refractivity contribution in [3.8, 4) is 0 Å². The maximum atomic E-state index is 12.4. The van der Waals surface area contributed by atoms with Crippen molar-refractivity contribution in [2.45, 2.75) is 55.9 Å². The van der Waals surface area contributed by atoms with E-state index in [4.69, 9.17) is 18.8 Å². The Balaban J connectivity index is 2.30. The van der Waals surface area contributed by atoms with Gasteiger partial charge in [-0.25, -0.2) is 0 Å². The highest BCUT2D eigenvalue weighted by Gasteiger charge is 2.49. The van der Waals surface area contributed by atoms with Crippen LogP contribution >= 0.6 is 10.3 Å². The maximum Gasteiger partial charge on any atom is 0.309 e. The van der Waals surface area contributed by atoms with Crippen molar-refractivity contribution >= 4 is 22.7 Å². The number of hydrogen-bond donors (Lipinski definition) is 3. The molecular weight excluding hydrogens is 378 g/mol. The molecule has 2 aliphatic rings. The van der Waals surface area contributed by atoms with Gasteiger partial charge in [0, 0.05) is 12.4 Å². The molecule has 3 N–H and O–H groups in total. The van der Waals surface area contributed by atoms with E-state index in [9.17, 15) is 9.59 Å². The van der Waals surface area contributed by atoms with Crippen molar-refractivity contribution in [1.82, 2.24) is 16.0 Å². The average molecular weight is 407 g/mol. The van der Waals surface area contributed by atoms with Gasteiger partial charge in [0.05, 0.1) is 24.5 Å². The van der Waals surface area contributed by atoms with Gasteiger partial charge in [-0.05, 0) is 26.0 Å². The standard InChI is InChI=1S/C15H29N5O6S/c1-10-17-14(24-3)19-15(18-10)27(4,26-25-20-16-9-21)12-8-6-5-7-11(12)13(22)23-2/h9-12,14-15,17-19H,5-8H2,1-4H3. The number of methoxy groups -OCH3 is 2. The Kier molecular flexibility index (Phi) is 8.38. The van der Waals surface area contributed by atoms with Gasteiger partial charge in [0.25, 0.3) is 6.41 Å². The first-order valence-electron chi connectivity index (χ1n) is 8.80. The molecule has 1 heterocycles. The van der Waals surface area contributed by atoms with Crippen LogP contribution in [0.1, 0.15) is 32.6 Å².